The lowest BCUT2D eigenvalue weighted by Crippen LogP contribution is -2.12. The van der Waals surface area contributed by atoms with E-state index in [1.165, 1.54) is 4.68 Å². The number of primary amides is 1. The number of anilines is 1. The van der Waals surface area contributed by atoms with Gasteiger partial charge in [-0.05, 0) is 19.1 Å². The minimum Gasteiger partial charge on any atom is -0.364 e. The first-order valence-corrected chi connectivity index (χ1v) is 6.72. The Morgan fingerprint density at radius 3 is 2.90 bits per heavy atom. The van der Waals surface area contributed by atoms with Crippen LogP contribution in [0, 0.1) is 6.92 Å². The molecule has 3 aromatic rings. The van der Waals surface area contributed by atoms with Crippen molar-refractivity contribution in [2.45, 2.75) is 6.92 Å². The maximum absolute atomic E-state index is 11.1. The van der Waals surface area contributed by atoms with Gasteiger partial charge in [-0.1, -0.05) is 0 Å². The number of carbonyl (C=O) groups is 1. The molecule has 3 aromatic heterocycles. The summed E-state index contributed by atoms with van der Waals surface area (Å²) in [6.45, 7) is 2.01. The van der Waals surface area contributed by atoms with Crippen LogP contribution in [0.4, 0.5) is 5.95 Å². The van der Waals surface area contributed by atoms with Gasteiger partial charge in [0.05, 0.1) is 5.39 Å². The molecule has 3 N–H and O–H groups in total. The third-order valence-electron chi connectivity index (χ3n) is 2.78. The summed E-state index contributed by atoms with van der Waals surface area (Å²) in [5.74, 6) is 0.561. The number of nitrogens with zero attached hydrogens (tertiary/aromatic N) is 4. The average Bonchev–Trinajstić information content (AvgIpc) is 3.02. The molecule has 0 radical (unpaired) electrons. The van der Waals surface area contributed by atoms with Crippen molar-refractivity contribution in [2.75, 3.05) is 12.4 Å². The number of carbonyl (C=O) groups excluding carboxylic acids is 1. The van der Waals surface area contributed by atoms with Crippen molar-refractivity contribution in [3.05, 3.63) is 28.9 Å². The van der Waals surface area contributed by atoms with E-state index < -0.39 is 5.91 Å². The number of hydrogen-bond acceptors (Lipinski definition) is 6. The number of nitrogens with two attached hydrogens (primary N) is 1. The van der Waals surface area contributed by atoms with Crippen molar-refractivity contribution in [3.8, 4) is 5.82 Å². The fourth-order valence-corrected chi connectivity index (χ4v) is 2.76. The molecule has 0 aliphatic carbocycles. The van der Waals surface area contributed by atoms with E-state index in [1.54, 1.807) is 30.6 Å². The molecule has 0 aliphatic rings. The molecule has 0 aliphatic heterocycles. The van der Waals surface area contributed by atoms with Crippen molar-refractivity contribution < 1.29 is 4.79 Å². The molecule has 8 heteroatoms. The number of hydrogen-bond donors (Lipinski definition) is 2. The summed E-state index contributed by atoms with van der Waals surface area (Å²) in [6, 6.07) is 3.56. The third kappa shape index (κ3) is 1.99. The third-order valence-corrected chi connectivity index (χ3v) is 3.72. The number of aromatic nitrogens is 4. The van der Waals surface area contributed by atoms with Crippen LogP contribution in [-0.2, 0) is 0 Å². The topological polar surface area (TPSA) is 98.7 Å². The van der Waals surface area contributed by atoms with Gasteiger partial charge in [-0.25, -0.2) is 9.67 Å². The highest BCUT2D eigenvalue weighted by Gasteiger charge is 2.14. The SMILES string of the molecule is CNc1nc(-n2ccc(C(N)=O)n2)c2cc(C)sc2n1. The lowest BCUT2D eigenvalue weighted by molar-refractivity contribution is 0.0995. The van der Waals surface area contributed by atoms with E-state index in [-0.39, 0.29) is 5.69 Å². The van der Waals surface area contributed by atoms with Gasteiger partial charge in [0.25, 0.3) is 5.91 Å². The van der Waals surface area contributed by atoms with Crippen molar-refractivity contribution >= 4 is 33.4 Å². The molecule has 3 heterocycles. The van der Waals surface area contributed by atoms with Crippen LogP contribution in [0.25, 0.3) is 16.0 Å². The van der Waals surface area contributed by atoms with E-state index in [1.807, 2.05) is 13.0 Å². The van der Waals surface area contributed by atoms with Crippen LogP contribution < -0.4 is 11.1 Å². The molecule has 0 spiro atoms. The first-order chi connectivity index (χ1) is 9.58. The van der Waals surface area contributed by atoms with E-state index in [2.05, 4.69) is 20.4 Å². The van der Waals surface area contributed by atoms with Crippen molar-refractivity contribution in [2.24, 2.45) is 5.73 Å². The minimum atomic E-state index is -0.565. The largest absolute Gasteiger partial charge is 0.364 e. The fraction of sp³-hybridized carbons (Fsp3) is 0.167. The predicted octanol–water partition coefficient (Wildman–Crippen LogP) is 1.33. The Kier molecular flexibility index (Phi) is 2.87. The average molecular weight is 288 g/mol. The van der Waals surface area contributed by atoms with Crippen molar-refractivity contribution in [1.29, 1.82) is 0 Å². The first-order valence-electron chi connectivity index (χ1n) is 5.90. The molecular formula is C12H12N6OS. The van der Waals surface area contributed by atoms with Crippen LogP contribution in [0.2, 0.25) is 0 Å². The summed E-state index contributed by atoms with van der Waals surface area (Å²) in [5, 5.41) is 7.96. The van der Waals surface area contributed by atoms with E-state index >= 15 is 0 Å². The number of thiophene rings is 1. The second-order valence-corrected chi connectivity index (χ2v) is 5.44. The second-order valence-electron chi connectivity index (χ2n) is 4.21. The quantitative estimate of drug-likeness (QED) is 0.757. The predicted molar refractivity (Wildman–Crippen MR) is 77.3 cm³/mol. The second kappa shape index (κ2) is 4.57. The summed E-state index contributed by atoms with van der Waals surface area (Å²) in [7, 11) is 1.75. The number of rotatable bonds is 3. The minimum absolute atomic E-state index is 0.203. The maximum Gasteiger partial charge on any atom is 0.269 e. The monoisotopic (exact) mass is 288 g/mol. The highest BCUT2D eigenvalue weighted by Crippen LogP contribution is 2.28. The lowest BCUT2D eigenvalue weighted by Gasteiger charge is -2.05. The van der Waals surface area contributed by atoms with Gasteiger partial charge in [-0.15, -0.1) is 11.3 Å². The molecule has 0 bridgehead atoms. The molecule has 0 saturated carbocycles. The van der Waals surface area contributed by atoms with Crippen LogP contribution in [-0.4, -0.2) is 32.7 Å². The molecule has 0 unspecified atom stereocenters. The summed E-state index contributed by atoms with van der Waals surface area (Å²) in [6.07, 6.45) is 1.66. The first kappa shape index (κ1) is 12.5. The lowest BCUT2D eigenvalue weighted by atomic mass is 10.3. The Morgan fingerprint density at radius 1 is 1.45 bits per heavy atom. The number of fused-ring (bicyclic) bond motifs is 1. The van der Waals surface area contributed by atoms with Crippen LogP contribution in [0.15, 0.2) is 18.3 Å². The summed E-state index contributed by atoms with van der Waals surface area (Å²) < 4.78 is 1.54. The Labute approximate surface area is 118 Å². The summed E-state index contributed by atoms with van der Waals surface area (Å²) >= 11 is 1.58. The van der Waals surface area contributed by atoms with Crippen LogP contribution in [0.3, 0.4) is 0 Å². The molecule has 0 atom stereocenters. The Hall–Kier alpha value is -2.48. The van der Waals surface area contributed by atoms with Gasteiger partial charge >= 0.3 is 0 Å². The van der Waals surface area contributed by atoms with E-state index in [9.17, 15) is 4.79 Å². The fourth-order valence-electron chi connectivity index (χ4n) is 1.89. The van der Waals surface area contributed by atoms with Gasteiger partial charge in [0.1, 0.15) is 10.5 Å². The van der Waals surface area contributed by atoms with Crippen LogP contribution >= 0.6 is 11.3 Å². The van der Waals surface area contributed by atoms with Gasteiger partial charge < -0.3 is 11.1 Å². The Balaban J connectivity index is 2.24. The summed E-state index contributed by atoms with van der Waals surface area (Å²) in [5.41, 5.74) is 5.42. The molecule has 20 heavy (non-hydrogen) atoms. The molecular weight excluding hydrogens is 276 g/mol. The normalized spacial score (nSPS) is 10.9. The maximum atomic E-state index is 11.1. The van der Waals surface area contributed by atoms with E-state index in [0.717, 1.165) is 15.1 Å². The molecule has 102 valence electrons. The number of amides is 1. The highest BCUT2D eigenvalue weighted by atomic mass is 32.1. The van der Waals surface area contributed by atoms with Gasteiger partial charge in [-0.2, -0.15) is 10.1 Å². The number of aryl methyl sites for hydroxylation is 1. The standard InChI is InChI=1S/C12H12N6OS/c1-6-5-7-10(15-12(14-2)16-11(7)20-6)18-4-3-8(17-18)9(13)19/h3-5H,1-2H3,(H2,13,19)(H,14,15,16). The zero-order valence-corrected chi connectivity index (χ0v) is 11.7. The van der Waals surface area contributed by atoms with E-state index in [4.69, 9.17) is 5.73 Å². The van der Waals surface area contributed by atoms with Crippen LogP contribution in [0.5, 0.6) is 0 Å². The molecule has 7 nitrogen and oxygen atoms in total. The highest BCUT2D eigenvalue weighted by molar-refractivity contribution is 7.18. The zero-order chi connectivity index (χ0) is 14.3. The molecule has 0 saturated heterocycles. The van der Waals surface area contributed by atoms with Crippen LogP contribution in [0.1, 0.15) is 15.4 Å². The Morgan fingerprint density at radius 2 is 2.25 bits per heavy atom. The van der Waals surface area contributed by atoms with Crippen molar-refractivity contribution in [3.63, 3.8) is 0 Å². The Bertz CT molecular complexity index is 805. The number of nitrogens with one attached hydrogen (secondary N) is 1. The van der Waals surface area contributed by atoms with Gasteiger partial charge in [0.2, 0.25) is 5.95 Å². The molecule has 0 fully saturated rings. The zero-order valence-electron chi connectivity index (χ0n) is 10.9. The van der Waals surface area contributed by atoms with E-state index in [0.29, 0.717) is 11.8 Å². The molecule has 3 rings (SSSR count). The van der Waals surface area contributed by atoms with Crippen molar-refractivity contribution in [1.82, 2.24) is 19.7 Å². The summed E-state index contributed by atoms with van der Waals surface area (Å²) in [4.78, 5) is 22.0. The molecule has 1 amide bonds. The molecule has 0 aromatic carbocycles. The van der Waals surface area contributed by atoms with Gasteiger partial charge in [-0.3, -0.25) is 4.79 Å². The van der Waals surface area contributed by atoms with Gasteiger partial charge in [0, 0.05) is 18.1 Å². The van der Waals surface area contributed by atoms with Gasteiger partial charge in [0.15, 0.2) is 5.82 Å². The smallest absolute Gasteiger partial charge is 0.269 e.